The van der Waals surface area contributed by atoms with Gasteiger partial charge in [-0.15, -0.1) is 10.2 Å². The first-order valence-electron chi connectivity index (χ1n) is 8.19. The van der Waals surface area contributed by atoms with Crippen LogP contribution in [0.5, 0.6) is 0 Å². The molecule has 0 saturated carbocycles. The fraction of sp³-hybridized carbons (Fsp3) is 0.167. The lowest BCUT2D eigenvalue weighted by molar-refractivity contribution is -0.384. The van der Waals surface area contributed by atoms with E-state index in [0.29, 0.717) is 15.3 Å². The van der Waals surface area contributed by atoms with E-state index in [9.17, 15) is 14.9 Å². The minimum Gasteiger partial charge on any atom is -0.324 e. The van der Waals surface area contributed by atoms with E-state index < -0.39 is 4.92 Å². The van der Waals surface area contributed by atoms with E-state index in [2.05, 4.69) is 37.5 Å². The number of nitro benzene ring substituents is 1. The van der Waals surface area contributed by atoms with Crippen LogP contribution in [0.1, 0.15) is 11.1 Å². The number of nitro groups is 1. The first-order chi connectivity index (χ1) is 13.3. The van der Waals surface area contributed by atoms with E-state index in [4.69, 9.17) is 0 Å². The van der Waals surface area contributed by atoms with Crippen molar-refractivity contribution in [2.24, 2.45) is 0 Å². The van der Waals surface area contributed by atoms with Gasteiger partial charge in [0.1, 0.15) is 6.33 Å². The second-order valence-electron chi connectivity index (χ2n) is 6.03. The molecule has 10 heteroatoms. The quantitative estimate of drug-likeness (QED) is 0.333. The van der Waals surface area contributed by atoms with Gasteiger partial charge in [0.15, 0.2) is 5.16 Å². The molecule has 1 amide bonds. The molecule has 1 aromatic heterocycles. The molecule has 2 aromatic carbocycles. The number of non-ortho nitro benzene ring substituents is 1. The number of amides is 1. The highest BCUT2D eigenvalue weighted by molar-refractivity contribution is 9.10. The van der Waals surface area contributed by atoms with Gasteiger partial charge in [-0.25, -0.2) is 0 Å². The highest BCUT2D eigenvalue weighted by Crippen LogP contribution is 2.28. The Morgan fingerprint density at radius 3 is 2.75 bits per heavy atom. The Bertz CT molecular complexity index is 1050. The van der Waals surface area contributed by atoms with Crippen LogP contribution < -0.4 is 5.32 Å². The topological polar surface area (TPSA) is 103 Å². The summed E-state index contributed by atoms with van der Waals surface area (Å²) in [6.45, 7) is 4.04. The second kappa shape index (κ2) is 8.53. The molecular formula is C18H16BrN5O3S. The minimum atomic E-state index is -0.494. The zero-order valence-electron chi connectivity index (χ0n) is 15.0. The van der Waals surface area contributed by atoms with Gasteiger partial charge in [0, 0.05) is 16.6 Å². The van der Waals surface area contributed by atoms with Gasteiger partial charge in [-0.3, -0.25) is 19.5 Å². The SMILES string of the molecule is Cc1ccc(-n2cnnc2SCC(=O)Nc2ccc([N+](=O)[O-])cc2Br)c(C)c1. The van der Waals surface area contributed by atoms with Crippen LogP contribution in [0.25, 0.3) is 5.69 Å². The number of carbonyl (C=O) groups excluding carboxylic acids is 1. The van der Waals surface area contributed by atoms with E-state index >= 15 is 0 Å². The number of benzene rings is 2. The van der Waals surface area contributed by atoms with Crippen molar-refractivity contribution in [3.63, 3.8) is 0 Å². The molecular weight excluding hydrogens is 446 g/mol. The molecule has 144 valence electrons. The Labute approximate surface area is 173 Å². The molecule has 1 N–H and O–H groups in total. The molecule has 0 aliphatic rings. The number of nitrogens with one attached hydrogen (secondary N) is 1. The van der Waals surface area contributed by atoms with Gasteiger partial charge < -0.3 is 5.32 Å². The Kier molecular flexibility index (Phi) is 6.10. The smallest absolute Gasteiger partial charge is 0.270 e. The van der Waals surface area contributed by atoms with Crippen LogP contribution in [0.2, 0.25) is 0 Å². The number of aryl methyl sites for hydroxylation is 2. The monoisotopic (exact) mass is 461 g/mol. The van der Waals surface area contributed by atoms with Gasteiger partial charge in [-0.05, 0) is 47.5 Å². The van der Waals surface area contributed by atoms with Crippen molar-refractivity contribution in [1.29, 1.82) is 0 Å². The third-order valence-electron chi connectivity index (χ3n) is 3.90. The van der Waals surface area contributed by atoms with Crippen molar-refractivity contribution >= 4 is 45.0 Å². The molecule has 0 fully saturated rings. The number of anilines is 1. The maximum atomic E-state index is 12.3. The predicted octanol–water partition coefficient (Wildman–Crippen LogP) is 4.29. The minimum absolute atomic E-state index is 0.0548. The predicted molar refractivity (Wildman–Crippen MR) is 111 cm³/mol. The molecule has 8 nitrogen and oxygen atoms in total. The van der Waals surface area contributed by atoms with Crippen molar-refractivity contribution in [3.8, 4) is 5.69 Å². The lowest BCUT2D eigenvalue weighted by Gasteiger charge is -2.10. The summed E-state index contributed by atoms with van der Waals surface area (Å²) in [6.07, 6.45) is 1.62. The molecule has 0 bridgehead atoms. The number of carbonyl (C=O) groups is 1. The number of nitrogens with zero attached hydrogens (tertiary/aromatic N) is 4. The largest absolute Gasteiger partial charge is 0.324 e. The van der Waals surface area contributed by atoms with Gasteiger partial charge in [-0.1, -0.05) is 29.5 Å². The Hall–Kier alpha value is -2.72. The normalized spacial score (nSPS) is 10.7. The molecule has 28 heavy (non-hydrogen) atoms. The van der Waals surface area contributed by atoms with E-state index in [1.54, 1.807) is 6.33 Å². The van der Waals surface area contributed by atoms with Crippen LogP contribution in [0.4, 0.5) is 11.4 Å². The number of thioether (sulfide) groups is 1. The molecule has 0 unspecified atom stereocenters. The number of aromatic nitrogens is 3. The first-order valence-corrected chi connectivity index (χ1v) is 9.97. The Morgan fingerprint density at radius 2 is 2.07 bits per heavy atom. The molecule has 0 aliphatic heterocycles. The summed E-state index contributed by atoms with van der Waals surface area (Å²) in [5, 5.41) is 22.2. The Morgan fingerprint density at radius 1 is 1.29 bits per heavy atom. The van der Waals surface area contributed by atoms with Gasteiger partial charge in [0.25, 0.3) is 5.69 Å². The lowest BCUT2D eigenvalue weighted by atomic mass is 10.1. The van der Waals surface area contributed by atoms with E-state index in [-0.39, 0.29) is 17.3 Å². The van der Waals surface area contributed by atoms with E-state index in [0.717, 1.165) is 16.8 Å². The maximum absolute atomic E-state index is 12.3. The molecule has 0 radical (unpaired) electrons. The average molecular weight is 462 g/mol. The summed E-state index contributed by atoms with van der Waals surface area (Å²) in [6, 6.07) is 10.2. The van der Waals surface area contributed by atoms with Gasteiger partial charge >= 0.3 is 0 Å². The zero-order valence-corrected chi connectivity index (χ0v) is 17.5. The molecule has 0 atom stereocenters. The fourth-order valence-electron chi connectivity index (χ4n) is 2.60. The van der Waals surface area contributed by atoms with Gasteiger partial charge in [0.05, 0.1) is 22.1 Å². The molecule has 3 aromatic rings. The van der Waals surface area contributed by atoms with Crippen molar-refractivity contribution in [2.45, 2.75) is 19.0 Å². The summed E-state index contributed by atoms with van der Waals surface area (Å²) >= 11 is 4.49. The Balaban J connectivity index is 1.68. The van der Waals surface area contributed by atoms with Crippen molar-refractivity contribution < 1.29 is 9.72 Å². The summed E-state index contributed by atoms with van der Waals surface area (Å²) in [7, 11) is 0. The van der Waals surface area contributed by atoms with Crippen LogP contribution in [-0.4, -0.2) is 31.3 Å². The zero-order chi connectivity index (χ0) is 20.3. The van der Waals surface area contributed by atoms with Gasteiger partial charge in [-0.2, -0.15) is 0 Å². The van der Waals surface area contributed by atoms with Crippen LogP contribution in [0.15, 0.2) is 52.4 Å². The third-order valence-corrected chi connectivity index (χ3v) is 5.50. The standard InChI is InChI=1S/C18H16BrN5O3S/c1-11-3-6-16(12(2)7-11)23-10-20-22-18(23)28-9-17(25)21-15-5-4-13(24(26)27)8-14(15)19/h3-8,10H,9H2,1-2H3,(H,21,25). The van der Waals surface area contributed by atoms with Crippen LogP contribution in [-0.2, 0) is 4.79 Å². The van der Waals surface area contributed by atoms with Crippen molar-refractivity contribution in [2.75, 3.05) is 11.1 Å². The number of hydrogen-bond acceptors (Lipinski definition) is 6. The van der Waals surface area contributed by atoms with Crippen LogP contribution in [0.3, 0.4) is 0 Å². The highest BCUT2D eigenvalue weighted by Gasteiger charge is 2.14. The number of rotatable bonds is 6. The molecule has 1 heterocycles. The average Bonchev–Trinajstić information content (AvgIpc) is 3.10. The van der Waals surface area contributed by atoms with Crippen LogP contribution >= 0.6 is 27.7 Å². The molecule has 3 rings (SSSR count). The van der Waals surface area contributed by atoms with E-state index in [1.165, 1.54) is 30.0 Å². The highest BCUT2D eigenvalue weighted by atomic mass is 79.9. The van der Waals surface area contributed by atoms with Crippen molar-refractivity contribution in [1.82, 2.24) is 14.8 Å². The second-order valence-corrected chi connectivity index (χ2v) is 7.83. The lowest BCUT2D eigenvalue weighted by Crippen LogP contribution is -2.15. The van der Waals surface area contributed by atoms with Crippen LogP contribution in [0, 0.1) is 24.0 Å². The van der Waals surface area contributed by atoms with Crippen molar-refractivity contribution in [3.05, 3.63) is 68.4 Å². The van der Waals surface area contributed by atoms with Gasteiger partial charge in [0.2, 0.25) is 5.91 Å². The summed E-state index contributed by atoms with van der Waals surface area (Å²) in [5.41, 5.74) is 3.61. The summed E-state index contributed by atoms with van der Waals surface area (Å²) < 4.78 is 2.28. The summed E-state index contributed by atoms with van der Waals surface area (Å²) in [5.74, 6) is -0.137. The first kappa shape index (κ1) is 20.0. The third kappa shape index (κ3) is 4.57. The molecule has 0 spiro atoms. The summed E-state index contributed by atoms with van der Waals surface area (Å²) in [4.78, 5) is 22.6. The number of hydrogen-bond donors (Lipinski definition) is 1. The number of halogens is 1. The fourth-order valence-corrected chi connectivity index (χ4v) is 3.79. The maximum Gasteiger partial charge on any atom is 0.270 e. The molecule has 0 saturated heterocycles. The van der Waals surface area contributed by atoms with E-state index in [1.807, 2.05) is 30.5 Å². The molecule has 0 aliphatic carbocycles.